The summed E-state index contributed by atoms with van der Waals surface area (Å²) in [7, 11) is 1.71. The largest absolute Gasteiger partial charge is 0.497 e. The summed E-state index contributed by atoms with van der Waals surface area (Å²) < 4.78 is 7.39. The predicted molar refractivity (Wildman–Crippen MR) is 98.0 cm³/mol. The zero-order valence-electron chi connectivity index (χ0n) is 14.1. The molecule has 5 heteroatoms. The molecule has 2 aromatic heterocycles. The molecule has 1 aromatic carbocycles. The van der Waals surface area contributed by atoms with Crippen molar-refractivity contribution in [3.63, 3.8) is 0 Å². The second kappa shape index (κ2) is 6.48. The van der Waals surface area contributed by atoms with E-state index in [9.17, 15) is 0 Å². The Morgan fingerprint density at radius 3 is 2.96 bits per heavy atom. The van der Waals surface area contributed by atoms with Crippen LogP contribution >= 0.6 is 11.8 Å². The van der Waals surface area contributed by atoms with Crippen molar-refractivity contribution in [2.45, 2.75) is 37.6 Å². The van der Waals surface area contributed by atoms with Gasteiger partial charge in [0.15, 0.2) is 5.65 Å². The highest BCUT2D eigenvalue weighted by molar-refractivity contribution is 7.99. The van der Waals surface area contributed by atoms with E-state index in [2.05, 4.69) is 31.2 Å². The Kier molecular flexibility index (Phi) is 4.19. The van der Waals surface area contributed by atoms with E-state index in [0.717, 1.165) is 40.7 Å². The van der Waals surface area contributed by atoms with Crippen molar-refractivity contribution in [2.75, 3.05) is 12.9 Å². The van der Waals surface area contributed by atoms with Gasteiger partial charge in [0.25, 0.3) is 0 Å². The van der Waals surface area contributed by atoms with Gasteiger partial charge in [0.2, 0.25) is 0 Å². The fourth-order valence-corrected chi connectivity index (χ4v) is 4.13. The molecule has 0 aliphatic heterocycles. The van der Waals surface area contributed by atoms with Gasteiger partial charge >= 0.3 is 0 Å². The number of imidazole rings is 1. The molecule has 0 fully saturated rings. The first-order valence-corrected chi connectivity index (χ1v) is 9.47. The molecule has 3 aromatic rings. The normalized spacial score (nSPS) is 12.9. The van der Waals surface area contributed by atoms with Crippen LogP contribution in [-0.4, -0.2) is 27.5 Å². The van der Waals surface area contributed by atoms with Crippen molar-refractivity contribution in [3.05, 3.63) is 41.6 Å². The van der Waals surface area contributed by atoms with Gasteiger partial charge in [0.05, 0.1) is 18.5 Å². The number of fused-ring (bicyclic) bond motifs is 5. The van der Waals surface area contributed by atoms with Crippen molar-refractivity contribution in [3.8, 4) is 17.0 Å². The van der Waals surface area contributed by atoms with Gasteiger partial charge in [0.1, 0.15) is 10.8 Å². The van der Waals surface area contributed by atoms with Gasteiger partial charge in [-0.15, -0.1) is 11.8 Å². The number of ether oxygens (including phenoxy) is 1. The van der Waals surface area contributed by atoms with Crippen molar-refractivity contribution in [2.24, 2.45) is 0 Å². The third kappa shape index (κ3) is 2.67. The number of benzene rings is 1. The first kappa shape index (κ1) is 15.5. The Morgan fingerprint density at radius 1 is 1.21 bits per heavy atom. The lowest BCUT2D eigenvalue weighted by Crippen LogP contribution is -2.07. The quantitative estimate of drug-likeness (QED) is 0.510. The van der Waals surface area contributed by atoms with Gasteiger partial charge < -0.3 is 4.74 Å². The highest BCUT2D eigenvalue weighted by Crippen LogP contribution is 2.35. The minimum absolute atomic E-state index is 0.911. The summed E-state index contributed by atoms with van der Waals surface area (Å²) in [5.74, 6) is 2.03. The molecule has 124 valence electrons. The molecule has 0 saturated carbocycles. The summed E-state index contributed by atoms with van der Waals surface area (Å²) in [6.45, 7) is 2.22. The summed E-state index contributed by atoms with van der Waals surface area (Å²) in [4.78, 5) is 4.84. The van der Waals surface area contributed by atoms with E-state index in [1.165, 1.54) is 29.7 Å². The maximum atomic E-state index is 5.35. The van der Waals surface area contributed by atoms with Crippen LogP contribution in [0.1, 0.15) is 31.0 Å². The van der Waals surface area contributed by atoms with Gasteiger partial charge in [-0.3, -0.25) is 0 Å². The van der Waals surface area contributed by atoms with Gasteiger partial charge in [-0.1, -0.05) is 13.3 Å². The zero-order valence-corrected chi connectivity index (χ0v) is 14.9. The fourth-order valence-electron chi connectivity index (χ4n) is 3.19. The van der Waals surface area contributed by atoms with E-state index in [1.807, 2.05) is 22.3 Å². The predicted octanol–water partition coefficient (Wildman–Crippen LogP) is 4.40. The van der Waals surface area contributed by atoms with Crippen LogP contribution < -0.4 is 4.74 Å². The van der Waals surface area contributed by atoms with Crippen molar-refractivity contribution >= 4 is 17.4 Å². The number of aromatic nitrogens is 3. The fraction of sp³-hybridized carbons (Fsp3) is 0.368. The van der Waals surface area contributed by atoms with Crippen LogP contribution in [0.15, 0.2) is 35.4 Å². The van der Waals surface area contributed by atoms with Gasteiger partial charge in [-0.05, 0) is 60.9 Å². The molecule has 0 atom stereocenters. The van der Waals surface area contributed by atoms with E-state index in [0.29, 0.717) is 0 Å². The summed E-state index contributed by atoms with van der Waals surface area (Å²) in [5, 5.41) is 5.90. The molecule has 0 saturated heterocycles. The Bertz CT molecular complexity index is 888. The lowest BCUT2D eigenvalue weighted by molar-refractivity contribution is 0.414. The molecule has 4 nitrogen and oxygen atoms in total. The number of rotatable bonds is 5. The standard InChI is InChI=1S/C19H21N3OS/c1-3-4-11-24-18-10-9-17-20-19-15-7-6-14(23-2)12-13(15)5-8-16(19)22(17)21-18/h6-7,9-10,12H,3-5,8,11H2,1-2H3. The first-order chi connectivity index (χ1) is 11.8. The highest BCUT2D eigenvalue weighted by Gasteiger charge is 2.22. The minimum atomic E-state index is 0.911. The Labute approximate surface area is 146 Å². The molecule has 0 radical (unpaired) electrons. The van der Waals surface area contributed by atoms with Crippen LogP contribution in [0, 0.1) is 0 Å². The van der Waals surface area contributed by atoms with Gasteiger partial charge in [-0.2, -0.15) is 5.10 Å². The molecule has 4 rings (SSSR count). The van der Waals surface area contributed by atoms with Gasteiger partial charge in [-0.25, -0.2) is 9.50 Å². The molecule has 1 aliphatic rings. The van der Waals surface area contributed by atoms with Crippen molar-refractivity contribution in [1.29, 1.82) is 0 Å². The van der Waals surface area contributed by atoms with Crippen LogP contribution in [0.2, 0.25) is 0 Å². The molecule has 0 spiro atoms. The maximum Gasteiger partial charge on any atom is 0.154 e. The van der Waals surface area contributed by atoms with E-state index >= 15 is 0 Å². The van der Waals surface area contributed by atoms with E-state index in [1.54, 1.807) is 7.11 Å². The molecule has 0 bridgehead atoms. The number of thioether (sulfide) groups is 1. The molecule has 0 amide bonds. The molecule has 2 heterocycles. The topological polar surface area (TPSA) is 39.4 Å². The number of nitrogens with zero attached hydrogens (tertiary/aromatic N) is 3. The number of aryl methyl sites for hydroxylation is 2. The first-order valence-electron chi connectivity index (χ1n) is 8.49. The van der Waals surface area contributed by atoms with Crippen LogP contribution in [0.5, 0.6) is 5.75 Å². The average Bonchev–Trinajstić information content (AvgIpc) is 2.99. The molecule has 1 aliphatic carbocycles. The lowest BCUT2D eigenvalue weighted by Gasteiger charge is -2.16. The zero-order chi connectivity index (χ0) is 16.5. The lowest BCUT2D eigenvalue weighted by atomic mass is 9.92. The van der Waals surface area contributed by atoms with Crippen LogP contribution in [0.25, 0.3) is 16.9 Å². The summed E-state index contributed by atoms with van der Waals surface area (Å²) >= 11 is 1.83. The van der Waals surface area contributed by atoms with E-state index < -0.39 is 0 Å². The summed E-state index contributed by atoms with van der Waals surface area (Å²) in [5.41, 5.74) is 5.75. The Hall–Kier alpha value is -2.01. The van der Waals surface area contributed by atoms with Crippen molar-refractivity contribution < 1.29 is 4.74 Å². The SMILES string of the molecule is CCCCSc1ccc2nc3c(n2n1)CCc1cc(OC)ccc1-3. The second-order valence-electron chi connectivity index (χ2n) is 6.07. The van der Waals surface area contributed by atoms with Crippen LogP contribution in [0.3, 0.4) is 0 Å². The summed E-state index contributed by atoms with van der Waals surface area (Å²) in [6.07, 6.45) is 4.41. The Morgan fingerprint density at radius 2 is 2.12 bits per heavy atom. The molecule has 0 unspecified atom stereocenters. The number of hydrogen-bond acceptors (Lipinski definition) is 4. The van der Waals surface area contributed by atoms with E-state index in [-0.39, 0.29) is 0 Å². The molecular weight excluding hydrogens is 318 g/mol. The third-order valence-electron chi connectivity index (χ3n) is 4.49. The summed E-state index contributed by atoms with van der Waals surface area (Å²) in [6, 6.07) is 10.4. The number of hydrogen-bond donors (Lipinski definition) is 0. The Balaban J connectivity index is 1.74. The molecule has 0 N–H and O–H groups in total. The van der Waals surface area contributed by atoms with E-state index in [4.69, 9.17) is 14.8 Å². The van der Waals surface area contributed by atoms with Crippen molar-refractivity contribution in [1.82, 2.24) is 14.6 Å². The van der Waals surface area contributed by atoms with Crippen LogP contribution in [-0.2, 0) is 12.8 Å². The number of methoxy groups -OCH3 is 1. The monoisotopic (exact) mass is 339 g/mol. The smallest absolute Gasteiger partial charge is 0.154 e. The third-order valence-corrected chi connectivity index (χ3v) is 5.50. The minimum Gasteiger partial charge on any atom is -0.497 e. The second-order valence-corrected chi connectivity index (χ2v) is 7.19. The maximum absolute atomic E-state index is 5.35. The van der Waals surface area contributed by atoms with Gasteiger partial charge in [0, 0.05) is 5.56 Å². The molecule has 24 heavy (non-hydrogen) atoms. The highest BCUT2D eigenvalue weighted by atomic mass is 32.2. The average molecular weight is 339 g/mol. The molecular formula is C19H21N3OS. The van der Waals surface area contributed by atoms with Crippen LogP contribution in [0.4, 0.5) is 0 Å². The number of unbranched alkanes of at least 4 members (excludes halogenated alkanes) is 1.